The maximum atomic E-state index is 10.8. The van der Waals surface area contributed by atoms with Gasteiger partial charge in [-0.05, 0) is 33.0 Å². The Hall–Kier alpha value is -2.18. The van der Waals surface area contributed by atoms with E-state index in [1.807, 2.05) is 49.3 Å². The van der Waals surface area contributed by atoms with Gasteiger partial charge in [0.2, 0.25) is 0 Å². The predicted molar refractivity (Wildman–Crippen MR) is 90.1 cm³/mol. The molecule has 1 atom stereocenters. The Morgan fingerprint density at radius 3 is 2.30 bits per heavy atom. The number of aliphatic carboxylic acids is 1. The summed E-state index contributed by atoms with van der Waals surface area (Å²) in [5.74, 6) is -1.27. The van der Waals surface area contributed by atoms with Gasteiger partial charge in [0.25, 0.3) is 0 Å². The van der Waals surface area contributed by atoms with Gasteiger partial charge in [-0.25, -0.2) is 4.79 Å². The molecule has 0 aliphatic carbocycles. The van der Waals surface area contributed by atoms with Gasteiger partial charge in [-0.3, -0.25) is 4.79 Å². The Labute approximate surface area is 137 Å². The van der Waals surface area contributed by atoms with Crippen LogP contribution in [0.3, 0.4) is 0 Å². The largest absolute Gasteiger partial charge is 0.480 e. The van der Waals surface area contributed by atoms with E-state index in [4.69, 9.17) is 15.6 Å². The summed E-state index contributed by atoms with van der Waals surface area (Å²) < 4.78 is 4.83. The molecule has 0 radical (unpaired) electrons. The molecular formula is C17H26N2O4. The van der Waals surface area contributed by atoms with Crippen LogP contribution in [0.1, 0.15) is 12.5 Å². The molecule has 23 heavy (non-hydrogen) atoms. The number of rotatable bonds is 7. The van der Waals surface area contributed by atoms with Crippen molar-refractivity contribution in [3.8, 4) is 0 Å². The second-order valence-electron chi connectivity index (χ2n) is 5.35. The Morgan fingerprint density at radius 2 is 1.87 bits per heavy atom. The van der Waals surface area contributed by atoms with E-state index in [2.05, 4.69) is 6.58 Å². The van der Waals surface area contributed by atoms with Crippen molar-refractivity contribution in [1.82, 2.24) is 4.90 Å². The van der Waals surface area contributed by atoms with Gasteiger partial charge in [0, 0.05) is 12.1 Å². The number of carbonyl (C=O) groups excluding carboxylic acids is 1. The van der Waals surface area contributed by atoms with Crippen molar-refractivity contribution in [3.05, 3.63) is 48.0 Å². The van der Waals surface area contributed by atoms with Gasteiger partial charge in [0.1, 0.15) is 12.6 Å². The third-order valence-corrected chi connectivity index (χ3v) is 2.74. The molecule has 1 aromatic carbocycles. The smallest absolute Gasteiger partial charge is 0.333 e. The monoisotopic (exact) mass is 322 g/mol. The minimum Gasteiger partial charge on any atom is -0.480 e. The van der Waals surface area contributed by atoms with Crippen molar-refractivity contribution < 1.29 is 19.4 Å². The molecule has 0 aromatic heterocycles. The first-order chi connectivity index (χ1) is 10.7. The quantitative estimate of drug-likeness (QED) is 0.581. The molecule has 0 aliphatic heterocycles. The summed E-state index contributed by atoms with van der Waals surface area (Å²) in [4.78, 5) is 23.1. The maximum absolute atomic E-state index is 10.8. The molecule has 0 amide bonds. The fourth-order valence-electron chi connectivity index (χ4n) is 1.40. The topological polar surface area (TPSA) is 92.9 Å². The molecule has 0 heterocycles. The van der Waals surface area contributed by atoms with Gasteiger partial charge in [0.05, 0.1) is 0 Å². The van der Waals surface area contributed by atoms with E-state index in [1.165, 1.54) is 0 Å². The van der Waals surface area contributed by atoms with Crippen LogP contribution < -0.4 is 5.73 Å². The molecular weight excluding hydrogens is 296 g/mol. The zero-order valence-electron chi connectivity index (χ0n) is 14.0. The molecule has 6 nitrogen and oxygen atoms in total. The van der Waals surface area contributed by atoms with Crippen LogP contribution >= 0.6 is 0 Å². The SMILES string of the molecule is C=C(C)C(=O)OCCN(C)C.N[C@@H](Cc1ccccc1)C(=O)O. The zero-order valence-corrected chi connectivity index (χ0v) is 14.0. The van der Waals surface area contributed by atoms with Crippen molar-refractivity contribution in [2.75, 3.05) is 27.2 Å². The normalized spacial score (nSPS) is 11.2. The average molecular weight is 322 g/mol. The molecule has 0 fully saturated rings. The summed E-state index contributed by atoms with van der Waals surface area (Å²) in [6.45, 7) is 6.28. The summed E-state index contributed by atoms with van der Waals surface area (Å²) >= 11 is 0. The lowest BCUT2D eigenvalue weighted by Gasteiger charge is -2.09. The van der Waals surface area contributed by atoms with Crippen LogP contribution in [0.5, 0.6) is 0 Å². The first-order valence-electron chi connectivity index (χ1n) is 7.23. The highest BCUT2D eigenvalue weighted by Crippen LogP contribution is 2.01. The van der Waals surface area contributed by atoms with Gasteiger partial charge in [0.15, 0.2) is 0 Å². The molecule has 0 saturated carbocycles. The number of hydrogen-bond acceptors (Lipinski definition) is 5. The summed E-state index contributed by atoms with van der Waals surface area (Å²) in [5.41, 5.74) is 6.75. The van der Waals surface area contributed by atoms with E-state index < -0.39 is 12.0 Å². The molecule has 0 spiro atoms. The van der Waals surface area contributed by atoms with E-state index in [0.717, 1.165) is 12.1 Å². The number of hydrogen-bond donors (Lipinski definition) is 2. The molecule has 128 valence electrons. The van der Waals surface area contributed by atoms with Gasteiger partial charge < -0.3 is 20.5 Å². The number of nitrogens with zero attached hydrogens (tertiary/aromatic N) is 1. The minimum atomic E-state index is -0.959. The number of benzene rings is 1. The fourth-order valence-corrected chi connectivity index (χ4v) is 1.40. The van der Waals surface area contributed by atoms with Crippen molar-refractivity contribution in [2.45, 2.75) is 19.4 Å². The highest BCUT2D eigenvalue weighted by molar-refractivity contribution is 5.86. The Morgan fingerprint density at radius 1 is 1.30 bits per heavy atom. The summed E-state index contributed by atoms with van der Waals surface area (Å²) in [5, 5.41) is 8.52. The number of esters is 1. The van der Waals surface area contributed by atoms with Gasteiger partial charge in [-0.2, -0.15) is 0 Å². The number of carboxylic acids is 1. The Bertz CT molecular complexity index is 501. The summed E-state index contributed by atoms with van der Waals surface area (Å²) in [6, 6.07) is 8.54. The van der Waals surface area contributed by atoms with E-state index in [1.54, 1.807) is 6.92 Å². The lowest BCUT2D eigenvalue weighted by atomic mass is 10.1. The first kappa shape index (κ1) is 20.8. The third kappa shape index (κ3) is 11.1. The molecule has 0 saturated heterocycles. The first-order valence-corrected chi connectivity index (χ1v) is 7.23. The molecule has 1 aromatic rings. The van der Waals surface area contributed by atoms with Gasteiger partial charge >= 0.3 is 11.9 Å². The fraction of sp³-hybridized carbons (Fsp3) is 0.412. The minimum absolute atomic E-state index is 0.313. The predicted octanol–water partition coefficient (Wildman–Crippen LogP) is 1.31. The van der Waals surface area contributed by atoms with Gasteiger partial charge in [-0.15, -0.1) is 0 Å². The van der Waals surface area contributed by atoms with Crippen molar-refractivity contribution in [3.63, 3.8) is 0 Å². The number of carboxylic acid groups (broad SMARTS) is 1. The van der Waals surface area contributed by atoms with Crippen LogP contribution in [0, 0.1) is 0 Å². The third-order valence-electron chi connectivity index (χ3n) is 2.74. The van der Waals surface area contributed by atoms with E-state index >= 15 is 0 Å². The molecule has 6 heteroatoms. The highest BCUT2D eigenvalue weighted by Gasteiger charge is 2.10. The lowest BCUT2D eigenvalue weighted by molar-refractivity contribution is -0.139. The maximum Gasteiger partial charge on any atom is 0.333 e. The van der Waals surface area contributed by atoms with Crippen molar-refractivity contribution in [2.24, 2.45) is 5.73 Å². The van der Waals surface area contributed by atoms with Crippen LogP contribution in [0.15, 0.2) is 42.5 Å². The number of likely N-dealkylation sites (N-methyl/N-ethyl adjacent to an activating group) is 1. The average Bonchev–Trinajstić information content (AvgIpc) is 2.48. The molecule has 0 aliphatic rings. The number of carbonyl (C=O) groups is 2. The van der Waals surface area contributed by atoms with Gasteiger partial charge in [-0.1, -0.05) is 36.9 Å². The van der Waals surface area contributed by atoms with Crippen molar-refractivity contribution in [1.29, 1.82) is 0 Å². The zero-order chi connectivity index (χ0) is 17.8. The number of ether oxygens (including phenoxy) is 1. The Balaban J connectivity index is 0.000000423. The standard InChI is InChI=1S/C9H11NO2.C8H15NO2/c10-8(9(11)12)6-7-4-2-1-3-5-7;1-7(2)8(10)11-6-5-9(3)4/h1-5,8H,6,10H2,(H,11,12);1,5-6H2,2-4H3/t8-;/m0./s1. The second-order valence-corrected chi connectivity index (χ2v) is 5.35. The number of nitrogens with two attached hydrogens (primary N) is 1. The second kappa shape index (κ2) is 11.4. The lowest BCUT2D eigenvalue weighted by Crippen LogP contribution is -2.32. The van der Waals surface area contributed by atoms with E-state index in [-0.39, 0.29) is 5.97 Å². The van der Waals surface area contributed by atoms with E-state index in [0.29, 0.717) is 18.6 Å². The Kier molecular flexibility index (Phi) is 10.3. The van der Waals surface area contributed by atoms with Crippen LogP contribution in [0.4, 0.5) is 0 Å². The van der Waals surface area contributed by atoms with Crippen LogP contribution in [-0.2, 0) is 20.7 Å². The highest BCUT2D eigenvalue weighted by atomic mass is 16.5. The van der Waals surface area contributed by atoms with Crippen LogP contribution in [0.25, 0.3) is 0 Å². The van der Waals surface area contributed by atoms with Crippen molar-refractivity contribution >= 4 is 11.9 Å². The summed E-state index contributed by atoms with van der Waals surface area (Å²) in [6.07, 6.45) is 0.385. The van der Waals surface area contributed by atoms with Crippen LogP contribution in [-0.4, -0.2) is 55.2 Å². The van der Waals surface area contributed by atoms with Crippen LogP contribution in [0.2, 0.25) is 0 Å². The summed E-state index contributed by atoms with van der Waals surface area (Å²) in [7, 11) is 3.85. The molecule has 0 unspecified atom stereocenters. The molecule has 3 N–H and O–H groups in total. The molecule has 1 rings (SSSR count). The van der Waals surface area contributed by atoms with E-state index in [9.17, 15) is 9.59 Å². The molecule has 0 bridgehead atoms.